The van der Waals surface area contributed by atoms with Gasteiger partial charge in [-0.25, -0.2) is 0 Å². The lowest BCUT2D eigenvalue weighted by Crippen LogP contribution is -2.60. The normalized spacial score (nSPS) is 22.6. The first-order chi connectivity index (χ1) is 13.1. The predicted molar refractivity (Wildman–Crippen MR) is 102 cm³/mol. The number of hydrogen-bond acceptors (Lipinski definition) is 4. The fourth-order valence-corrected chi connectivity index (χ4v) is 3.17. The first kappa shape index (κ1) is 19.3. The van der Waals surface area contributed by atoms with Crippen molar-refractivity contribution in [3.05, 3.63) is 71.8 Å². The Labute approximate surface area is 159 Å². The molecule has 0 spiro atoms. The smallest absolute Gasteiger partial charge is 0.255 e. The number of carbonyl (C=O) groups excluding carboxylic acids is 2. The number of rotatable bonds is 8. The lowest BCUT2D eigenvalue weighted by atomic mass is 9.96. The van der Waals surface area contributed by atoms with E-state index in [-0.39, 0.29) is 12.5 Å². The van der Waals surface area contributed by atoms with Crippen LogP contribution in [0.3, 0.4) is 0 Å². The van der Waals surface area contributed by atoms with Gasteiger partial charge in [-0.2, -0.15) is 0 Å². The van der Waals surface area contributed by atoms with Crippen LogP contribution in [-0.4, -0.2) is 41.9 Å². The Hall–Kier alpha value is -2.50. The summed E-state index contributed by atoms with van der Waals surface area (Å²) in [5, 5.41) is 0. The summed E-state index contributed by atoms with van der Waals surface area (Å²) in [6.07, 6.45) is 1.22. The summed E-state index contributed by atoms with van der Waals surface area (Å²) in [5.74, 6) is -0.169. The highest BCUT2D eigenvalue weighted by Crippen LogP contribution is 2.27. The minimum Gasteiger partial charge on any atom is -0.377 e. The number of benzene rings is 2. The number of ether oxygens (including phenoxy) is 2. The average Bonchev–Trinajstić information content (AvgIpc) is 2.71. The second kappa shape index (κ2) is 8.93. The van der Waals surface area contributed by atoms with Crippen molar-refractivity contribution in [2.24, 2.45) is 0 Å². The van der Waals surface area contributed by atoms with Crippen LogP contribution in [0.15, 0.2) is 60.7 Å². The van der Waals surface area contributed by atoms with Crippen LogP contribution in [0.25, 0.3) is 0 Å². The van der Waals surface area contributed by atoms with Gasteiger partial charge < -0.3 is 19.2 Å². The zero-order valence-corrected chi connectivity index (χ0v) is 15.5. The molecule has 1 aliphatic rings. The minimum atomic E-state index is -0.981. The highest BCUT2D eigenvalue weighted by atomic mass is 16.5. The third kappa shape index (κ3) is 4.81. The molecule has 0 radical (unpaired) electrons. The van der Waals surface area contributed by atoms with Crippen molar-refractivity contribution >= 4 is 12.2 Å². The zero-order chi connectivity index (χ0) is 19.1. The maximum atomic E-state index is 13.1. The maximum Gasteiger partial charge on any atom is 0.255 e. The molecular formula is C22H25NO4. The van der Waals surface area contributed by atoms with Crippen molar-refractivity contribution in [3.8, 4) is 0 Å². The second-order valence-corrected chi connectivity index (χ2v) is 6.95. The number of aldehydes is 1. The Bertz CT molecular complexity index is 749. The summed E-state index contributed by atoms with van der Waals surface area (Å²) in [7, 11) is 0. The highest BCUT2D eigenvalue weighted by molar-refractivity contribution is 5.88. The molecule has 0 N–H and O–H groups in total. The van der Waals surface area contributed by atoms with Crippen molar-refractivity contribution in [1.82, 2.24) is 4.90 Å². The Morgan fingerprint density at radius 3 is 2.37 bits per heavy atom. The lowest BCUT2D eigenvalue weighted by Gasteiger charge is -2.42. The topological polar surface area (TPSA) is 55.8 Å². The zero-order valence-electron chi connectivity index (χ0n) is 15.5. The van der Waals surface area contributed by atoms with Gasteiger partial charge in [-0.05, 0) is 18.1 Å². The Kier molecular flexibility index (Phi) is 6.37. The van der Waals surface area contributed by atoms with Crippen LogP contribution in [0.1, 0.15) is 24.5 Å². The van der Waals surface area contributed by atoms with E-state index in [4.69, 9.17) is 9.47 Å². The third-order valence-electron chi connectivity index (χ3n) is 4.87. The van der Waals surface area contributed by atoms with Gasteiger partial charge in [0.2, 0.25) is 0 Å². The highest BCUT2D eigenvalue weighted by Gasteiger charge is 2.44. The van der Waals surface area contributed by atoms with Crippen LogP contribution in [0.5, 0.6) is 0 Å². The number of carbonyl (C=O) groups is 2. The SMILES string of the molecule is CC1(CCOCc2ccccc2)OCC(C=O)N(Cc2ccccc2)C1=O. The number of hydrogen-bond donors (Lipinski definition) is 0. The van der Waals surface area contributed by atoms with Crippen LogP contribution < -0.4 is 0 Å². The second-order valence-electron chi connectivity index (χ2n) is 6.95. The Balaban J connectivity index is 1.60. The molecule has 5 nitrogen and oxygen atoms in total. The monoisotopic (exact) mass is 367 g/mol. The summed E-state index contributed by atoms with van der Waals surface area (Å²) in [6, 6.07) is 19.0. The summed E-state index contributed by atoms with van der Waals surface area (Å²) in [4.78, 5) is 26.1. The molecule has 1 heterocycles. The molecule has 27 heavy (non-hydrogen) atoms. The lowest BCUT2D eigenvalue weighted by molar-refractivity contribution is -0.181. The van der Waals surface area contributed by atoms with Gasteiger partial charge >= 0.3 is 0 Å². The van der Waals surface area contributed by atoms with Crippen LogP contribution in [-0.2, 0) is 32.2 Å². The summed E-state index contributed by atoms with van der Waals surface area (Å²) >= 11 is 0. The van der Waals surface area contributed by atoms with Crippen molar-refractivity contribution < 1.29 is 19.1 Å². The van der Waals surface area contributed by atoms with E-state index < -0.39 is 11.6 Å². The Morgan fingerprint density at radius 1 is 1.11 bits per heavy atom. The number of nitrogens with zero attached hydrogens (tertiary/aromatic N) is 1. The quantitative estimate of drug-likeness (QED) is 0.532. The fraction of sp³-hybridized carbons (Fsp3) is 0.364. The molecule has 0 aromatic heterocycles. The van der Waals surface area contributed by atoms with Gasteiger partial charge in [0.1, 0.15) is 17.9 Å². The Morgan fingerprint density at radius 2 is 1.74 bits per heavy atom. The van der Waals surface area contributed by atoms with Gasteiger partial charge in [0, 0.05) is 13.0 Å². The molecule has 0 aliphatic carbocycles. The minimum absolute atomic E-state index is 0.169. The van der Waals surface area contributed by atoms with Crippen molar-refractivity contribution in [1.29, 1.82) is 0 Å². The molecule has 5 heteroatoms. The van der Waals surface area contributed by atoms with Crippen molar-refractivity contribution in [2.45, 2.75) is 38.1 Å². The van der Waals surface area contributed by atoms with E-state index in [0.717, 1.165) is 17.4 Å². The van der Waals surface area contributed by atoms with Crippen molar-refractivity contribution in [2.75, 3.05) is 13.2 Å². The molecule has 2 aromatic carbocycles. The summed E-state index contributed by atoms with van der Waals surface area (Å²) in [6.45, 7) is 3.28. The van der Waals surface area contributed by atoms with Gasteiger partial charge in [0.05, 0.1) is 19.8 Å². The van der Waals surface area contributed by atoms with Crippen LogP contribution in [0.4, 0.5) is 0 Å². The molecule has 2 atom stereocenters. The third-order valence-corrected chi connectivity index (χ3v) is 4.87. The average molecular weight is 367 g/mol. The van der Waals surface area contributed by atoms with Crippen LogP contribution >= 0.6 is 0 Å². The van der Waals surface area contributed by atoms with E-state index in [0.29, 0.717) is 26.2 Å². The molecule has 1 aliphatic heterocycles. The van der Waals surface area contributed by atoms with Gasteiger partial charge in [0.25, 0.3) is 5.91 Å². The van der Waals surface area contributed by atoms with Gasteiger partial charge in [-0.1, -0.05) is 60.7 Å². The maximum absolute atomic E-state index is 13.1. The van der Waals surface area contributed by atoms with Gasteiger partial charge in [-0.15, -0.1) is 0 Å². The van der Waals surface area contributed by atoms with E-state index in [9.17, 15) is 9.59 Å². The van der Waals surface area contributed by atoms with E-state index in [1.165, 1.54) is 0 Å². The number of morpholine rings is 1. The molecule has 1 saturated heterocycles. The van der Waals surface area contributed by atoms with E-state index >= 15 is 0 Å². The summed E-state index contributed by atoms with van der Waals surface area (Å²) in [5.41, 5.74) is 1.10. The molecule has 0 bridgehead atoms. The van der Waals surface area contributed by atoms with E-state index in [2.05, 4.69) is 0 Å². The van der Waals surface area contributed by atoms with Crippen LogP contribution in [0.2, 0.25) is 0 Å². The molecule has 2 unspecified atom stereocenters. The molecule has 2 aromatic rings. The van der Waals surface area contributed by atoms with E-state index in [1.54, 1.807) is 11.8 Å². The van der Waals surface area contributed by atoms with Gasteiger partial charge in [0.15, 0.2) is 0 Å². The molecular weight excluding hydrogens is 342 g/mol. The molecule has 0 saturated carbocycles. The molecule has 1 fully saturated rings. The van der Waals surface area contributed by atoms with Crippen molar-refractivity contribution in [3.63, 3.8) is 0 Å². The predicted octanol–water partition coefficient (Wildman–Crippen LogP) is 2.98. The first-order valence-corrected chi connectivity index (χ1v) is 9.18. The summed E-state index contributed by atoms with van der Waals surface area (Å²) < 4.78 is 11.5. The largest absolute Gasteiger partial charge is 0.377 e. The molecule has 1 amide bonds. The molecule has 142 valence electrons. The van der Waals surface area contributed by atoms with Crippen LogP contribution in [0, 0.1) is 0 Å². The van der Waals surface area contributed by atoms with E-state index in [1.807, 2.05) is 60.7 Å². The van der Waals surface area contributed by atoms with Gasteiger partial charge in [-0.3, -0.25) is 4.79 Å². The number of amides is 1. The molecule has 3 rings (SSSR count). The fourth-order valence-electron chi connectivity index (χ4n) is 3.17. The first-order valence-electron chi connectivity index (χ1n) is 9.18. The standard InChI is InChI=1S/C22H25NO4/c1-22(12-13-26-16-19-10-6-3-7-11-19)21(25)23(20(15-24)17-27-22)14-18-8-4-2-5-9-18/h2-11,15,20H,12-14,16-17H2,1H3.